The molecule has 0 aliphatic carbocycles. The number of benzene rings is 2. The Balaban J connectivity index is 2.20. The lowest BCUT2D eigenvalue weighted by Gasteiger charge is -2.10. The van der Waals surface area contributed by atoms with E-state index in [0.717, 1.165) is 16.7 Å². The summed E-state index contributed by atoms with van der Waals surface area (Å²) in [5.74, 6) is 0.0872. The average molecular weight is 264 g/mol. The van der Waals surface area contributed by atoms with Crippen molar-refractivity contribution in [3.63, 3.8) is 0 Å². The zero-order chi connectivity index (χ0) is 14.5. The fraction of sp³-hybridized carbons (Fsp3) is 0.176. The molecule has 1 amide bonds. The predicted molar refractivity (Wildman–Crippen MR) is 79.0 cm³/mol. The van der Waals surface area contributed by atoms with Crippen LogP contribution in [0, 0.1) is 11.3 Å². The van der Waals surface area contributed by atoms with Crippen LogP contribution < -0.4 is 0 Å². The summed E-state index contributed by atoms with van der Waals surface area (Å²) in [4.78, 5) is 13.2. The van der Waals surface area contributed by atoms with Crippen LogP contribution in [0.25, 0.3) is 11.1 Å². The van der Waals surface area contributed by atoms with Crippen LogP contribution in [0.1, 0.15) is 11.1 Å². The van der Waals surface area contributed by atoms with Crippen LogP contribution in [0.15, 0.2) is 48.5 Å². The molecule has 0 saturated carbocycles. The second kappa shape index (κ2) is 6.03. The molecule has 0 saturated heterocycles. The maximum atomic E-state index is 11.6. The molecule has 0 bridgehead atoms. The van der Waals surface area contributed by atoms with Crippen molar-refractivity contribution in [3.05, 3.63) is 59.7 Å². The highest BCUT2D eigenvalue weighted by atomic mass is 16.2. The summed E-state index contributed by atoms with van der Waals surface area (Å²) in [6.45, 7) is 0. The first-order valence-corrected chi connectivity index (χ1v) is 6.40. The van der Waals surface area contributed by atoms with Gasteiger partial charge in [0.1, 0.15) is 0 Å². The maximum Gasteiger partial charge on any atom is 0.226 e. The topological polar surface area (TPSA) is 44.1 Å². The van der Waals surface area contributed by atoms with Crippen molar-refractivity contribution in [2.24, 2.45) is 0 Å². The molecule has 0 radical (unpaired) electrons. The Morgan fingerprint density at radius 3 is 2.40 bits per heavy atom. The predicted octanol–water partition coefficient (Wildman–Crippen LogP) is 2.86. The Labute approximate surface area is 119 Å². The van der Waals surface area contributed by atoms with E-state index in [1.54, 1.807) is 25.1 Å². The smallest absolute Gasteiger partial charge is 0.226 e. The van der Waals surface area contributed by atoms with E-state index in [4.69, 9.17) is 5.26 Å². The molecule has 0 N–H and O–H groups in total. The number of amides is 1. The first-order valence-electron chi connectivity index (χ1n) is 6.40. The zero-order valence-corrected chi connectivity index (χ0v) is 11.6. The number of hydrogen-bond donors (Lipinski definition) is 0. The third-order valence-electron chi connectivity index (χ3n) is 3.13. The molecule has 0 aliphatic heterocycles. The molecule has 2 aromatic carbocycles. The van der Waals surface area contributed by atoms with E-state index in [-0.39, 0.29) is 5.91 Å². The second-order valence-electron chi connectivity index (χ2n) is 4.85. The SMILES string of the molecule is CN(C)C(=O)Cc1ccc(-c2cccc(C#N)c2)cc1. The van der Waals surface area contributed by atoms with Gasteiger partial charge in [0.05, 0.1) is 18.1 Å². The van der Waals surface area contributed by atoms with Crippen molar-refractivity contribution in [1.82, 2.24) is 4.90 Å². The van der Waals surface area contributed by atoms with Gasteiger partial charge in [-0.05, 0) is 28.8 Å². The van der Waals surface area contributed by atoms with Crippen LogP contribution in [0.4, 0.5) is 0 Å². The highest BCUT2D eigenvalue weighted by molar-refractivity contribution is 5.78. The Hall–Kier alpha value is -2.60. The number of nitriles is 1. The molecule has 3 heteroatoms. The summed E-state index contributed by atoms with van der Waals surface area (Å²) >= 11 is 0. The molecule has 0 fully saturated rings. The lowest BCUT2D eigenvalue weighted by atomic mass is 10.0. The van der Waals surface area contributed by atoms with Gasteiger partial charge in [-0.1, -0.05) is 36.4 Å². The van der Waals surface area contributed by atoms with Crippen LogP contribution in [-0.2, 0) is 11.2 Å². The van der Waals surface area contributed by atoms with Crippen LogP contribution >= 0.6 is 0 Å². The van der Waals surface area contributed by atoms with Gasteiger partial charge in [-0.25, -0.2) is 0 Å². The fourth-order valence-electron chi connectivity index (χ4n) is 1.92. The van der Waals surface area contributed by atoms with E-state index in [1.165, 1.54) is 0 Å². The molecule has 3 nitrogen and oxygen atoms in total. The van der Waals surface area contributed by atoms with Gasteiger partial charge in [-0.15, -0.1) is 0 Å². The number of hydrogen-bond acceptors (Lipinski definition) is 2. The maximum absolute atomic E-state index is 11.6. The summed E-state index contributed by atoms with van der Waals surface area (Å²) in [6.07, 6.45) is 0.408. The normalized spacial score (nSPS) is 9.85. The molecule has 0 unspecified atom stereocenters. The van der Waals surface area contributed by atoms with E-state index in [2.05, 4.69) is 6.07 Å². The number of rotatable bonds is 3. The molecular formula is C17H16N2O. The largest absolute Gasteiger partial charge is 0.349 e. The van der Waals surface area contributed by atoms with Gasteiger partial charge >= 0.3 is 0 Å². The first-order chi connectivity index (χ1) is 9.60. The third-order valence-corrected chi connectivity index (χ3v) is 3.13. The van der Waals surface area contributed by atoms with E-state index in [9.17, 15) is 4.79 Å². The van der Waals surface area contributed by atoms with Gasteiger partial charge in [0.25, 0.3) is 0 Å². The van der Waals surface area contributed by atoms with Crippen molar-refractivity contribution in [2.45, 2.75) is 6.42 Å². The Morgan fingerprint density at radius 2 is 1.80 bits per heavy atom. The Kier molecular flexibility index (Phi) is 4.17. The van der Waals surface area contributed by atoms with Gasteiger partial charge in [-0.2, -0.15) is 5.26 Å². The third kappa shape index (κ3) is 3.24. The summed E-state index contributed by atoms with van der Waals surface area (Å²) in [5, 5.41) is 8.91. The van der Waals surface area contributed by atoms with Gasteiger partial charge in [-0.3, -0.25) is 4.79 Å². The van der Waals surface area contributed by atoms with Crippen LogP contribution in [-0.4, -0.2) is 24.9 Å². The Bertz CT molecular complexity index is 651. The highest BCUT2D eigenvalue weighted by Crippen LogP contribution is 2.21. The molecule has 0 heterocycles. The second-order valence-corrected chi connectivity index (χ2v) is 4.85. The molecule has 2 rings (SSSR count). The lowest BCUT2D eigenvalue weighted by molar-refractivity contribution is -0.127. The quantitative estimate of drug-likeness (QED) is 0.855. The van der Waals surface area contributed by atoms with Crippen molar-refractivity contribution in [1.29, 1.82) is 5.26 Å². The fourth-order valence-corrected chi connectivity index (χ4v) is 1.92. The molecule has 100 valence electrons. The van der Waals surface area contributed by atoms with Crippen LogP contribution in [0.3, 0.4) is 0 Å². The average Bonchev–Trinajstić information content (AvgIpc) is 2.48. The van der Waals surface area contributed by atoms with E-state index >= 15 is 0 Å². The summed E-state index contributed by atoms with van der Waals surface area (Å²) in [7, 11) is 3.51. The molecule has 0 aromatic heterocycles. The minimum Gasteiger partial charge on any atom is -0.349 e. The summed E-state index contributed by atoms with van der Waals surface area (Å²) in [5.41, 5.74) is 3.69. The van der Waals surface area contributed by atoms with E-state index < -0.39 is 0 Å². The standard InChI is InChI=1S/C17H16N2O/c1-19(2)17(20)11-13-6-8-15(9-7-13)16-5-3-4-14(10-16)12-18/h3-10H,11H2,1-2H3. The molecule has 0 spiro atoms. The highest BCUT2D eigenvalue weighted by Gasteiger charge is 2.06. The summed E-state index contributed by atoms with van der Waals surface area (Å²) in [6, 6.07) is 17.5. The van der Waals surface area contributed by atoms with Gasteiger partial charge < -0.3 is 4.90 Å². The number of likely N-dealkylation sites (N-methyl/N-ethyl adjacent to an activating group) is 1. The molecule has 0 atom stereocenters. The van der Waals surface area contributed by atoms with E-state index in [0.29, 0.717) is 12.0 Å². The number of carbonyl (C=O) groups is 1. The minimum absolute atomic E-state index is 0.0872. The lowest BCUT2D eigenvalue weighted by Crippen LogP contribution is -2.23. The molecule has 0 aliphatic rings. The van der Waals surface area contributed by atoms with Crippen LogP contribution in [0.5, 0.6) is 0 Å². The van der Waals surface area contributed by atoms with Crippen molar-refractivity contribution < 1.29 is 4.79 Å². The van der Waals surface area contributed by atoms with Gasteiger partial charge in [0.2, 0.25) is 5.91 Å². The van der Waals surface area contributed by atoms with Crippen molar-refractivity contribution in [2.75, 3.05) is 14.1 Å². The zero-order valence-electron chi connectivity index (χ0n) is 11.6. The molecular weight excluding hydrogens is 248 g/mol. The van der Waals surface area contributed by atoms with E-state index in [1.807, 2.05) is 42.5 Å². The first kappa shape index (κ1) is 13.8. The molecule has 20 heavy (non-hydrogen) atoms. The van der Waals surface area contributed by atoms with Gasteiger partial charge in [0, 0.05) is 14.1 Å². The minimum atomic E-state index is 0.0872. The summed E-state index contributed by atoms with van der Waals surface area (Å²) < 4.78 is 0. The van der Waals surface area contributed by atoms with Gasteiger partial charge in [0.15, 0.2) is 0 Å². The van der Waals surface area contributed by atoms with Crippen LogP contribution in [0.2, 0.25) is 0 Å². The monoisotopic (exact) mass is 264 g/mol. The van der Waals surface area contributed by atoms with Crippen molar-refractivity contribution >= 4 is 5.91 Å². The Morgan fingerprint density at radius 1 is 1.10 bits per heavy atom. The number of carbonyl (C=O) groups excluding carboxylic acids is 1. The van der Waals surface area contributed by atoms with Crippen molar-refractivity contribution in [3.8, 4) is 17.2 Å². The number of nitrogens with zero attached hydrogens (tertiary/aromatic N) is 2. The molecule has 2 aromatic rings.